The highest BCUT2D eigenvalue weighted by Crippen LogP contribution is 2.23. The number of hydrogen-bond donors (Lipinski definition) is 0. The van der Waals surface area contributed by atoms with Crippen LogP contribution < -0.4 is 0 Å². The summed E-state index contributed by atoms with van der Waals surface area (Å²) in [6.07, 6.45) is 3.54. The Morgan fingerprint density at radius 2 is 2.07 bits per heavy atom. The minimum atomic E-state index is -0.0815. The smallest absolute Gasteiger partial charge is 0.176 e. The SMILES string of the molecule is C[C@@H](Br)C(=O)c1ccc2c(c1)CCC2. The fraction of sp³-hybridized carbons (Fsp3) is 0.417. The molecule has 1 nitrogen and oxygen atoms in total. The van der Waals surface area contributed by atoms with Gasteiger partial charge in [-0.25, -0.2) is 0 Å². The maximum absolute atomic E-state index is 11.7. The van der Waals surface area contributed by atoms with E-state index in [0.717, 1.165) is 12.0 Å². The van der Waals surface area contributed by atoms with Gasteiger partial charge in [-0.2, -0.15) is 0 Å². The predicted octanol–water partition coefficient (Wildman–Crippen LogP) is 3.14. The van der Waals surface area contributed by atoms with Crippen molar-refractivity contribution >= 4 is 21.7 Å². The third-order valence-corrected chi connectivity index (χ3v) is 3.16. The summed E-state index contributed by atoms with van der Waals surface area (Å²) in [4.78, 5) is 11.6. The summed E-state index contributed by atoms with van der Waals surface area (Å²) in [5.74, 6) is 0.180. The van der Waals surface area contributed by atoms with Crippen LogP contribution in [0.1, 0.15) is 34.8 Å². The van der Waals surface area contributed by atoms with E-state index >= 15 is 0 Å². The highest BCUT2D eigenvalue weighted by molar-refractivity contribution is 9.10. The molecular formula is C12H13BrO. The Morgan fingerprint density at radius 1 is 1.36 bits per heavy atom. The molecule has 1 aromatic rings. The van der Waals surface area contributed by atoms with Gasteiger partial charge in [0.05, 0.1) is 4.83 Å². The molecule has 0 amide bonds. The van der Waals surface area contributed by atoms with Crippen molar-refractivity contribution in [1.82, 2.24) is 0 Å². The molecule has 1 aliphatic rings. The minimum absolute atomic E-state index is 0.0815. The zero-order valence-electron chi connectivity index (χ0n) is 8.22. The normalized spacial score (nSPS) is 16.4. The average Bonchev–Trinajstić information content (AvgIpc) is 2.62. The van der Waals surface area contributed by atoms with Gasteiger partial charge in [0.2, 0.25) is 0 Å². The number of alkyl halides is 1. The first kappa shape index (κ1) is 9.91. The van der Waals surface area contributed by atoms with Crippen molar-refractivity contribution < 1.29 is 4.79 Å². The molecular weight excluding hydrogens is 240 g/mol. The van der Waals surface area contributed by atoms with Crippen LogP contribution in [0.4, 0.5) is 0 Å². The Morgan fingerprint density at radius 3 is 2.79 bits per heavy atom. The highest BCUT2D eigenvalue weighted by atomic mass is 79.9. The molecule has 2 heteroatoms. The molecule has 0 saturated carbocycles. The third-order valence-electron chi connectivity index (χ3n) is 2.74. The molecule has 0 radical (unpaired) electrons. The fourth-order valence-electron chi connectivity index (χ4n) is 1.95. The lowest BCUT2D eigenvalue weighted by Gasteiger charge is -2.05. The molecule has 0 aliphatic heterocycles. The number of aryl methyl sites for hydroxylation is 2. The van der Waals surface area contributed by atoms with Crippen LogP contribution in [0.3, 0.4) is 0 Å². The number of carbonyl (C=O) groups is 1. The van der Waals surface area contributed by atoms with E-state index in [1.54, 1.807) is 0 Å². The number of carbonyl (C=O) groups excluding carboxylic acids is 1. The van der Waals surface area contributed by atoms with Gasteiger partial charge < -0.3 is 0 Å². The first-order chi connectivity index (χ1) is 6.68. The lowest BCUT2D eigenvalue weighted by molar-refractivity contribution is 0.0996. The largest absolute Gasteiger partial charge is 0.293 e. The van der Waals surface area contributed by atoms with E-state index in [2.05, 4.69) is 28.1 Å². The van der Waals surface area contributed by atoms with Gasteiger partial charge in [0.15, 0.2) is 5.78 Å². The van der Waals surface area contributed by atoms with Crippen molar-refractivity contribution in [2.24, 2.45) is 0 Å². The summed E-state index contributed by atoms with van der Waals surface area (Å²) < 4.78 is 0. The quantitative estimate of drug-likeness (QED) is 0.584. The van der Waals surface area contributed by atoms with Crippen molar-refractivity contribution in [3.05, 3.63) is 34.9 Å². The van der Waals surface area contributed by atoms with E-state index < -0.39 is 0 Å². The second-order valence-electron chi connectivity index (χ2n) is 3.82. The van der Waals surface area contributed by atoms with E-state index in [-0.39, 0.29) is 10.6 Å². The van der Waals surface area contributed by atoms with Gasteiger partial charge in [-0.05, 0) is 43.4 Å². The molecule has 14 heavy (non-hydrogen) atoms. The van der Waals surface area contributed by atoms with E-state index in [1.807, 2.05) is 13.0 Å². The number of benzene rings is 1. The maximum Gasteiger partial charge on any atom is 0.176 e. The molecule has 0 bridgehead atoms. The second kappa shape index (κ2) is 3.85. The van der Waals surface area contributed by atoms with E-state index in [9.17, 15) is 4.79 Å². The molecule has 0 aromatic heterocycles. The van der Waals surface area contributed by atoms with Crippen LogP contribution in [0.2, 0.25) is 0 Å². The lowest BCUT2D eigenvalue weighted by Crippen LogP contribution is -2.10. The van der Waals surface area contributed by atoms with Crippen LogP contribution in [-0.4, -0.2) is 10.6 Å². The van der Waals surface area contributed by atoms with Gasteiger partial charge in [-0.3, -0.25) is 4.79 Å². The zero-order valence-corrected chi connectivity index (χ0v) is 9.80. The van der Waals surface area contributed by atoms with Crippen LogP contribution in [-0.2, 0) is 12.8 Å². The van der Waals surface area contributed by atoms with Gasteiger partial charge >= 0.3 is 0 Å². The van der Waals surface area contributed by atoms with Crippen LogP contribution in [0.15, 0.2) is 18.2 Å². The number of rotatable bonds is 2. The van der Waals surface area contributed by atoms with E-state index in [1.165, 1.54) is 24.0 Å². The number of Topliss-reactive ketones (excluding diaryl/α,β-unsaturated/α-hetero) is 1. The molecule has 74 valence electrons. The fourth-order valence-corrected chi connectivity index (χ4v) is 2.22. The molecule has 0 N–H and O–H groups in total. The monoisotopic (exact) mass is 252 g/mol. The zero-order chi connectivity index (χ0) is 10.1. The van der Waals surface area contributed by atoms with Gasteiger partial charge in [-0.15, -0.1) is 0 Å². The molecule has 1 atom stereocenters. The minimum Gasteiger partial charge on any atom is -0.293 e. The molecule has 0 saturated heterocycles. The summed E-state index contributed by atoms with van der Waals surface area (Å²) in [6, 6.07) is 6.11. The average molecular weight is 253 g/mol. The first-order valence-corrected chi connectivity index (χ1v) is 5.90. The summed E-state index contributed by atoms with van der Waals surface area (Å²) in [7, 11) is 0. The summed E-state index contributed by atoms with van der Waals surface area (Å²) in [5, 5.41) is 0. The molecule has 1 aromatic carbocycles. The molecule has 2 rings (SSSR count). The molecule has 1 aliphatic carbocycles. The standard InChI is InChI=1S/C12H13BrO/c1-8(13)12(14)11-6-5-9-3-2-4-10(9)7-11/h5-8H,2-4H2,1H3/t8-/m1/s1. The Labute approximate surface area is 92.6 Å². The predicted molar refractivity (Wildman–Crippen MR) is 61.2 cm³/mol. The summed E-state index contributed by atoms with van der Waals surface area (Å²) in [5.41, 5.74) is 3.63. The second-order valence-corrected chi connectivity index (χ2v) is 5.19. The molecule has 0 heterocycles. The van der Waals surface area contributed by atoms with Crippen molar-refractivity contribution in [3.63, 3.8) is 0 Å². The van der Waals surface area contributed by atoms with E-state index in [4.69, 9.17) is 0 Å². The molecule has 0 unspecified atom stereocenters. The Balaban J connectivity index is 2.33. The van der Waals surface area contributed by atoms with Crippen LogP contribution in [0.5, 0.6) is 0 Å². The van der Waals surface area contributed by atoms with Gasteiger partial charge in [0.1, 0.15) is 0 Å². The summed E-state index contributed by atoms with van der Waals surface area (Å²) >= 11 is 3.31. The van der Waals surface area contributed by atoms with E-state index in [0.29, 0.717) is 0 Å². The Kier molecular flexibility index (Phi) is 2.73. The Bertz CT molecular complexity index is 369. The van der Waals surface area contributed by atoms with Crippen molar-refractivity contribution in [2.75, 3.05) is 0 Å². The van der Waals surface area contributed by atoms with Crippen molar-refractivity contribution in [1.29, 1.82) is 0 Å². The summed E-state index contributed by atoms with van der Waals surface area (Å²) in [6.45, 7) is 1.87. The first-order valence-electron chi connectivity index (χ1n) is 4.98. The maximum atomic E-state index is 11.7. The number of fused-ring (bicyclic) bond motifs is 1. The van der Waals surface area contributed by atoms with Gasteiger partial charge in [0, 0.05) is 5.56 Å². The van der Waals surface area contributed by atoms with Crippen molar-refractivity contribution in [2.45, 2.75) is 31.0 Å². The lowest BCUT2D eigenvalue weighted by atomic mass is 10.0. The molecule has 0 fully saturated rings. The highest BCUT2D eigenvalue weighted by Gasteiger charge is 2.16. The number of hydrogen-bond acceptors (Lipinski definition) is 1. The third kappa shape index (κ3) is 1.76. The van der Waals surface area contributed by atoms with Gasteiger partial charge in [-0.1, -0.05) is 28.1 Å². The molecule has 0 spiro atoms. The number of ketones is 1. The Hall–Kier alpha value is -0.630. The van der Waals surface area contributed by atoms with Crippen molar-refractivity contribution in [3.8, 4) is 0 Å². The van der Waals surface area contributed by atoms with Crippen LogP contribution >= 0.6 is 15.9 Å². The van der Waals surface area contributed by atoms with Gasteiger partial charge in [0.25, 0.3) is 0 Å². The number of halogens is 1. The topological polar surface area (TPSA) is 17.1 Å². The van der Waals surface area contributed by atoms with Crippen LogP contribution in [0, 0.1) is 0 Å². The van der Waals surface area contributed by atoms with Crippen LogP contribution in [0.25, 0.3) is 0 Å².